The van der Waals surface area contributed by atoms with E-state index >= 15 is 0 Å². The molecule has 2 aromatic heterocycles. The van der Waals surface area contributed by atoms with E-state index in [4.69, 9.17) is 4.42 Å². The number of aromatic nitrogens is 1. The van der Waals surface area contributed by atoms with Gasteiger partial charge in [0.2, 0.25) is 5.91 Å². The predicted molar refractivity (Wildman–Crippen MR) is 90.6 cm³/mol. The number of hydrogen-bond donors (Lipinski definition) is 1. The van der Waals surface area contributed by atoms with Gasteiger partial charge in [0.1, 0.15) is 5.76 Å². The van der Waals surface area contributed by atoms with Gasteiger partial charge in [0, 0.05) is 29.2 Å². The quantitative estimate of drug-likeness (QED) is 0.430. The minimum atomic E-state index is -0.460. The lowest BCUT2D eigenvalue weighted by Gasteiger charge is -1.97. The summed E-state index contributed by atoms with van der Waals surface area (Å²) in [6.07, 6.45) is 4.40. The monoisotopic (exact) mass is 341 g/mol. The third kappa shape index (κ3) is 3.73. The molecule has 2 heterocycles. The van der Waals surface area contributed by atoms with Crippen molar-refractivity contribution in [3.8, 4) is 11.3 Å². The Bertz CT molecular complexity index is 900. The summed E-state index contributed by atoms with van der Waals surface area (Å²) < 4.78 is 5.09. The number of non-ortho nitro benzene ring substituents is 1. The zero-order valence-corrected chi connectivity index (χ0v) is 13.0. The van der Waals surface area contributed by atoms with Gasteiger partial charge in [-0.25, -0.2) is 4.98 Å². The van der Waals surface area contributed by atoms with Crippen molar-refractivity contribution in [3.05, 3.63) is 70.0 Å². The molecule has 1 aromatic carbocycles. The molecule has 3 aromatic rings. The Labute approximate surface area is 140 Å². The van der Waals surface area contributed by atoms with E-state index in [0.717, 1.165) is 0 Å². The normalized spacial score (nSPS) is 10.8. The SMILES string of the molecule is O=C(/C=C/c1ccco1)Nc1nc(-c2cccc([N+](=O)[O-])c2)cs1. The molecule has 8 heteroatoms. The molecule has 0 atom stereocenters. The van der Waals surface area contributed by atoms with Crippen molar-refractivity contribution < 1.29 is 14.1 Å². The molecule has 0 aliphatic heterocycles. The molecule has 0 saturated carbocycles. The van der Waals surface area contributed by atoms with Gasteiger partial charge in [-0.3, -0.25) is 20.2 Å². The highest BCUT2D eigenvalue weighted by Gasteiger charge is 2.10. The third-order valence-corrected chi connectivity index (χ3v) is 3.79. The van der Waals surface area contributed by atoms with Crippen molar-refractivity contribution in [2.45, 2.75) is 0 Å². The fraction of sp³-hybridized carbons (Fsp3) is 0. The van der Waals surface area contributed by atoms with Gasteiger partial charge < -0.3 is 4.42 Å². The molecule has 0 bridgehead atoms. The van der Waals surface area contributed by atoms with Crippen LogP contribution >= 0.6 is 11.3 Å². The van der Waals surface area contributed by atoms with Crippen LogP contribution in [0.3, 0.4) is 0 Å². The third-order valence-electron chi connectivity index (χ3n) is 3.03. The van der Waals surface area contributed by atoms with Crippen molar-refractivity contribution in [1.29, 1.82) is 0 Å². The highest BCUT2D eigenvalue weighted by molar-refractivity contribution is 7.14. The Balaban J connectivity index is 1.70. The van der Waals surface area contributed by atoms with E-state index < -0.39 is 4.92 Å². The number of nitro groups is 1. The van der Waals surface area contributed by atoms with Gasteiger partial charge in [-0.2, -0.15) is 0 Å². The molecule has 120 valence electrons. The molecule has 3 rings (SSSR count). The van der Waals surface area contributed by atoms with Gasteiger partial charge in [-0.1, -0.05) is 12.1 Å². The molecular weight excluding hydrogens is 330 g/mol. The van der Waals surface area contributed by atoms with Crippen LogP contribution in [0.4, 0.5) is 10.8 Å². The smallest absolute Gasteiger partial charge is 0.270 e. The Kier molecular flexibility index (Phi) is 4.48. The first-order valence-electron chi connectivity index (χ1n) is 6.85. The lowest BCUT2D eigenvalue weighted by Crippen LogP contribution is -2.07. The fourth-order valence-electron chi connectivity index (χ4n) is 1.93. The number of carbonyl (C=O) groups excluding carboxylic acids is 1. The van der Waals surface area contributed by atoms with Crippen LogP contribution in [0, 0.1) is 10.1 Å². The Morgan fingerprint density at radius 3 is 2.96 bits per heavy atom. The number of nitrogens with zero attached hydrogens (tertiary/aromatic N) is 2. The highest BCUT2D eigenvalue weighted by atomic mass is 32.1. The van der Waals surface area contributed by atoms with E-state index in [2.05, 4.69) is 10.3 Å². The van der Waals surface area contributed by atoms with Crippen molar-refractivity contribution >= 4 is 34.1 Å². The number of anilines is 1. The molecule has 0 spiro atoms. The first-order valence-corrected chi connectivity index (χ1v) is 7.73. The lowest BCUT2D eigenvalue weighted by molar-refractivity contribution is -0.384. The average molecular weight is 341 g/mol. The number of carbonyl (C=O) groups is 1. The predicted octanol–water partition coefficient (Wildman–Crippen LogP) is 3.96. The number of nitro benzene ring substituents is 1. The van der Waals surface area contributed by atoms with Crippen LogP contribution in [0.25, 0.3) is 17.3 Å². The van der Waals surface area contributed by atoms with Crippen molar-refractivity contribution in [3.63, 3.8) is 0 Å². The molecular formula is C16H11N3O4S. The molecule has 7 nitrogen and oxygen atoms in total. The molecule has 0 fully saturated rings. The maximum absolute atomic E-state index is 11.8. The van der Waals surface area contributed by atoms with Gasteiger partial charge in [-0.15, -0.1) is 11.3 Å². The number of benzene rings is 1. The second kappa shape index (κ2) is 6.88. The van der Waals surface area contributed by atoms with Crippen LogP contribution in [0.2, 0.25) is 0 Å². The second-order valence-corrected chi connectivity index (χ2v) is 5.54. The van der Waals surface area contributed by atoms with Crippen LogP contribution < -0.4 is 5.32 Å². The van der Waals surface area contributed by atoms with E-state index in [1.165, 1.54) is 35.8 Å². The topological polar surface area (TPSA) is 98.3 Å². The van der Waals surface area contributed by atoms with Gasteiger partial charge in [0.05, 0.1) is 16.9 Å². The Morgan fingerprint density at radius 2 is 2.21 bits per heavy atom. The molecule has 0 saturated heterocycles. The summed E-state index contributed by atoms with van der Waals surface area (Å²) >= 11 is 1.24. The van der Waals surface area contributed by atoms with Crippen molar-refractivity contribution in [2.75, 3.05) is 5.32 Å². The average Bonchev–Trinajstić information content (AvgIpc) is 3.25. The molecule has 0 aliphatic rings. The van der Waals surface area contributed by atoms with Crippen LogP contribution in [0.5, 0.6) is 0 Å². The van der Waals surface area contributed by atoms with Crippen LogP contribution in [-0.4, -0.2) is 15.8 Å². The number of hydrogen-bond acceptors (Lipinski definition) is 6. The Hall–Kier alpha value is -3.26. The summed E-state index contributed by atoms with van der Waals surface area (Å²) in [5.74, 6) is 0.230. The number of nitrogens with one attached hydrogen (secondary N) is 1. The van der Waals surface area contributed by atoms with Gasteiger partial charge in [0.25, 0.3) is 5.69 Å². The van der Waals surface area contributed by atoms with E-state index in [0.29, 0.717) is 22.1 Å². The number of furan rings is 1. The summed E-state index contributed by atoms with van der Waals surface area (Å²) in [5.41, 5.74) is 1.17. The molecule has 1 amide bonds. The summed E-state index contributed by atoms with van der Waals surface area (Å²) in [6, 6.07) is 9.63. The van der Waals surface area contributed by atoms with Gasteiger partial charge >= 0.3 is 0 Å². The van der Waals surface area contributed by atoms with Gasteiger partial charge in [-0.05, 0) is 18.2 Å². The van der Waals surface area contributed by atoms with Crippen molar-refractivity contribution in [1.82, 2.24) is 4.98 Å². The summed E-state index contributed by atoms with van der Waals surface area (Å²) in [6.45, 7) is 0. The van der Waals surface area contributed by atoms with E-state index in [-0.39, 0.29) is 11.6 Å². The minimum Gasteiger partial charge on any atom is -0.465 e. The Morgan fingerprint density at radius 1 is 1.33 bits per heavy atom. The minimum absolute atomic E-state index is 0.00698. The first kappa shape index (κ1) is 15.6. The van der Waals surface area contributed by atoms with E-state index in [1.54, 1.807) is 35.7 Å². The van der Waals surface area contributed by atoms with Crippen LogP contribution in [-0.2, 0) is 4.79 Å². The lowest BCUT2D eigenvalue weighted by atomic mass is 10.1. The molecule has 0 radical (unpaired) electrons. The van der Waals surface area contributed by atoms with Crippen LogP contribution in [0.15, 0.2) is 58.5 Å². The van der Waals surface area contributed by atoms with Crippen LogP contribution in [0.1, 0.15) is 5.76 Å². The molecule has 0 aliphatic carbocycles. The molecule has 1 N–H and O–H groups in total. The number of amides is 1. The van der Waals surface area contributed by atoms with E-state index in [1.807, 2.05) is 0 Å². The van der Waals surface area contributed by atoms with Gasteiger partial charge in [0.15, 0.2) is 5.13 Å². The largest absolute Gasteiger partial charge is 0.465 e. The number of thiazole rings is 1. The standard InChI is InChI=1S/C16H11N3O4S/c20-15(7-6-13-5-2-8-23-13)18-16-17-14(10-24-16)11-3-1-4-12(9-11)19(21)22/h1-10H,(H,17,18,20)/b7-6+. The summed E-state index contributed by atoms with van der Waals surface area (Å²) in [5, 5.41) is 15.6. The zero-order chi connectivity index (χ0) is 16.9. The number of rotatable bonds is 5. The van der Waals surface area contributed by atoms with E-state index in [9.17, 15) is 14.9 Å². The second-order valence-electron chi connectivity index (χ2n) is 4.68. The zero-order valence-electron chi connectivity index (χ0n) is 12.2. The summed E-state index contributed by atoms with van der Waals surface area (Å²) in [4.78, 5) is 26.5. The highest BCUT2D eigenvalue weighted by Crippen LogP contribution is 2.27. The first-order chi connectivity index (χ1) is 11.6. The molecule has 0 unspecified atom stereocenters. The fourth-order valence-corrected chi connectivity index (χ4v) is 2.66. The van der Waals surface area contributed by atoms with Crippen molar-refractivity contribution in [2.24, 2.45) is 0 Å². The molecule has 24 heavy (non-hydrogen) atoms. The summed E-state index contributed by atoms with van der Waals surface area (Å²) in [7, 11) is 0. The maximum atomic E-state index is 11.8. The maximum Gasteiger partial charge on any atom is 0.270 e.